The molecule has 0 aliphatic carbocycles. The summed E-state index contributed by atoms with van der Waals surface area (Å²) in [7, 11) is 1.70. The predicted octanol–water partition coefficient (Wildman–Crippen LogP) is 1.57. The number of aliphatic hydroxyl groups is 1. The molecule has 0 aliphatic rings. The number of carbonyl (C=O) groups excluding carboxylic acids is 1. The number of carbonyl (C=O) groups is 1. The second kappa shape index (κ2) is 5.14. The first kappa shape index (κ1) is 13.4. The summed E-state index contributed by atoms with van der Waals surface area (Å²) in [5, 5.41) is 12.0. The smallest absolute Gasteiger partial charge is 0.340 e. The van der Waals surface area contributed by atoms with Gasteiger partial charge < -0.3 is 15.2 Å². The molecule has 0 aromatic carbocycles. The molecular formula is C12H18N2O3. The van der Waals surface area contributed by atoms with E-state index in [9.17, 15) is 4.79 Å². The van der Waals surface area contributed by atoms with Crippen LogP contribution in [0.5, 0.6) is 0 Å². The maximum absolute atomic E-state index is 11.8. The van der Waals surface area contributed by atoms with Gasteiger partial charge in [-0.05, 0) is 26.8 Å². The van der Waals surface area contributed by atoms with Crippen LogP contribution >= 0.6 is 0 Å². The van der Waals surface area contributed by atoms with Gasteiger partial charge in [-0.2, -0.15) is 0 Å². The van der Waals surface area contributed by atoms with Gasteiger partial charge in [0.15, 0.2) is 0 Å². The molecule has 2 N–H and O–H groups in total. The lowest BCUT2D eigenvalue weighted by molar-refractivity contribution is 0.00690. The van der Waals surface area contributed by atoms with E-state index in [0.29, 0.717) is 16.9 Å². The largest absolute Gasteiger partial charge is 0.456 e. The van der Waals surface area contributed by atoms with Crippen LogP contribution in [0.4, 0.5) is 5.82 Å². The summed E-state index contributed by atoms with van der Waals surface area (Å²) >= 11 is 0. The zero-order chi connectivity index (χ0) is 13.1. The van der Waals surface area contributed by atoms with Gasteiger partial charge in [0.2, 0.25) is 0 Å². The summed E-state index contributed by atoms with van der Waals surface area (Å²) in [5.41, 5.74) is 0.358. The molecule has 0 saturated carbocycles. The Morgan fingerprint density at radius 1 is 1.53 bits per heavy atom. The van der Waals surface area contributed by atoms with Crippen molar-refractivity contribution in [3.63, 3.8) is 0 Å². The Hall–Kier alpha value is -1.62. The van der Waals surface area contributed by atoms with Gasteiger partial charge in [-0.25, -0.2) is 9.78 Å². The van der Waals surface area contributed by atoms with Crippen LogP contribution in [0, 0.1) is 0 Å². The first-order valence-electron chi connectivity index (χ1n) is 5.38. The summed E-state index contributed by atoms with van der Waals surface area (Å²) in [4.78, 5) is 15.8. The van der Waals surface area contributed by atoms with E-state index in [1.165, 1.54) is 6.20 Å². The van der Waals surface area contributed by atoms with Gasteiger partial charge in [0.05, 0.1) is 12.2 Å². The van der Waals surface area contributed by atoms with Crippen LogP contribution in [0.25, 0.3) is 0 Å². The fourth-order valence-electron chi connectivity index (χ4n) is 1.30. The van der Waals surface area contributed by atoms with Crippen molar-refractivity contribution in [1.29, 1.82) is 0 Å². The first-order valence-corrected chi connectivity index (χ1v) is 5.38. The van der Waals surface area contributed by atoms with Crippen LogP contribution in [0.2, 0.25) is 0 Å². The lowest BCUT2D eigenvalue weighted by Crippen LogP contribution is -2.24. The van der Waals surface area contributed by atoms with Crippen molar-refractivity contribution in [3.05, 3.63) is 23.4 Å². The lowest BCUT2D eigenvalue weighted by Gasteiger charge is -2.19. The highest BCUT2D eigenvalue weighted by molar-refractivity contribution is 5.89. The third-order valence-electron chi connectivity index (χ3n) is 2.01. The Morgan fingerprint density at radius 3 is 2.65 bits per heavy atom. The zero-order valence-electron chi connectivity index (χ0n) is 10.6. The molecule has 0 saturated heterocycles. The maximum Gasteiger partial charge on any atom is 0.340 e. The molecule has 1 aromatic rings. The van der Waals surface area contributed by atoms with E-state index in [1.807, 2.05) is 0 Å². The minimum atomic E-state index is -0.544. The van der Waals surface area contributed by atoms with Crippen molar-refractivity contribution in [2.45, 2.75) is 33.0 Å². The normalized spacial score (nSPS) is 11.1. The van der Waals surface area contributed by atoms with E-state index in [2.05, 4.69) is 10.3 Å². The average molecular weight is 238 g/mol. The van der Waals surface area contributed by atoms with E-state index < -0.39 is 11.6 Å². The summed E-state index contributed by atoms with van der Waals surface area (Å²) in [6.45, 7) is 5.22. The molecule has 5 heteroatoms. The monoisotopic (exact) mass is 238 g/mol. The Bertz CT molecular complexity index is 411. The van der Waals surface area contributed by atoms with Crippen molar-refractivity contribution < 1.29 is 14.6 Å². The van der Waals surface area contributed by atoms with Crippen molar-refractivity contribution >= 4 is 11.8 Å². The molecule has 1 aromatic heterocycles. The molecule has 17 heavy (non-hydrogen) atoms. The molecule has 0 aliphatic heterocycles. The molecule has 0 atom stereocenters. The number of anilines is 1. The molecule has 94 valence electrons. The predicted molar refractivity (Wildman–Crippen MR) is 64.9 cm³/mol. The fraction of sp³-hybridized carbons (Fsp3) is 0.500. The van der Waals surface area contributed by atoms with Crippen LogP contribution < -0.4 is 5.32 Å². The third-order valence-corrected chi connectivity index (χ3v) is 2.01. The number of pyridine rings is 1. The van der Waals surface area contributed by atoms with E-state index in [0.717, 1.165) is 0 Å². The van der Waals surface area contributed by atoms with E-state index >= 15 is 0 Å². The second-order valence-corrected chi connectivity index (χ2v) is 4.64. The number of aromatic nitrogens is 1. The number of nitrogens with zero attached hydrogens (tertiary/aromatic N) is 1. The van der Waals surface area contributed by atoms with E-state index in [-0.39, 0.29) is 6.61 Å². The number of aliphatic hydroxyl groups excluding tert-OH is 1. The molecule has 0 radical (unpaired) electrons. The van der Waals surface area contributed by atoms with Crippen molar-refractivity contribution in [3.8, 4) is 0 Å². The molecule has 1 heterocycles. The van der Waals surface area contributed by atoms with Crippen molar-refractivity contribution in [1.82, 2.24) is 4.98 Å². The van der Waals surface area contributed by atoms with Gasteiger partial charge in [-0.1, -0.05) is 0 Å². The molecule has 0 amide bonds. The Labute approximate surface area is 101 Å². The highest BCUT2D eigenvalue weighted by Crippen LogP contribution is 2.16. The molecule has 0 bridgehead atoms. The van der Waals surface area contributed by atoms with E-state index in [1.54, 1.807) is 33.9 Å². The summed E-state index contributed by atoms with van der Waals surface area (Å²) in [5.74, 6) is 0.113. The topological polar surface area (TPSA) is 71.5 Å². The molecule has 0 unspecified atom stereocenters. The lowest BCUT2D eigenvalue weighted by atomic mass is 10.1. The van der Waals surface area contributed by atoms with Gasteiger partial charge in [0.25, 0.3) is 0 Å². The van der Waals surface area contributed by atoms with Gasteiger partial charge in [-0.15, -0.1) is 0 Å². The van der Waals surface area contributed by atoms with Crippen LogP contribution in [0.1, 0.15) is 36.7 Å². The van der Waals surface area contributed by atoms with Crippen molar-refractivity contribution in [2.75, 3.05) is 12.4 Å². The van der Waals surface area contributed by atoms with Crippen LogP contribution in [0.15, 0.2) is 12.3 Å². The molecule has 0 spiro atoms. The van der Waals surface area contributed by atoms with Crippen LogP contribution in [-0.4, -0.2) is 28.7 Å². The van der Waals surface area contributed by atoms with Gasteiger partial charge >= 0.3 is 5.97 Å². The number of esters is 1. The quantitative estimate of drug-likeness (QED) is 0.782. The number of ether oxygens (including phenoxy) is 1. The average Bonchev–Trinajstić information content (AvgIpc) is 2.25. The number of hydrogen-bond acceptors (Lipinski definition) is 5. The first-order chi connectivity index (χ1) is 7.87. The highest BCUT2D eigenvalue weighted by atomic mass is 16.6. The highest BCUT2D eigenvalue weighted by Gasteiger charge is 2.19. The standard InChI is InChI=1S/C12H18N2O3/c1-12(2,3)17-11(16)8-5-9(7-15)10(13-4)14-6-8/h5-6,15H,7H2,1-4H3,(H,13,14). The minimum absolute atomic E-state index is 0.181. The SMILES string of the molecule is CNc1ncc(C(=O)OC(C)(C)C)cc1CO. The Balaban J connectivity index is 2.96. The summed E-state index contributed by atoms with van der Waals surface area (Å²) in [6.07, 6.45) is 1.43. The third kappa shape index (κ3) is 3.71. The van der Waals surface area contributed by atoms with E-state index in [4.69, 9.17) is 9.84 Å². The molecular weight excluding hydrogens is 220 g/mol. The van der Waals surface area contributed by atoms with Gasteiger partial charge in [0, 0.05) is 18.8 Å². The summed E-state index contributed by atoms with van der Waals surface area (Å²) < 4.78 is 5.22. The second-order valence-electron chi connectivity index (χ2n) is 4.64. The maximum atomic E-state index is 11.8. The summed E-state index contributed by atoms with van der Waals surface area (Å²) in [6, 6.07) is 1.58. The Kier molecular flexibility index (Phi) is 4.07. The molecule has 1 rings (SSSR count). The van der Waals surface area contributed by atoms with Crippen LogP contribution in [0.3, 0.4) is 0 Å². The zero-order valence-corrected chi connectivity index (χ0v) is 10.6. The van der Waals surface area contributed by atoms with Gasteiger partial charge in [0.1, 0.15) is 11.4 Å². The van der Waals surface area contributed by atoms with Gasteiger partial charge in [-0.3, -0.25) is 0 Å². The van der Waals surface area contributed by atoms with Crippen molar-refractivity contribution in [2.24, 2.45) is 0 Å². The Morgan fingerprint density at radius 2 is 2.18 bits per heavy atom. The minimum Gasteiger partial charge on any atom is -0.456 e. The number of hydrogen-bond donors (Lipinski definition) is 2. The van der Waals surface area contributed by atoms with Crippen LogP contribution in [-0.2, 0) is 11.3 Å². The molecule has 0 fully saturated rings. The number of rotatable bonds is 3. The molecule has 5 nitrogen and oxygen atoms in total. The number of nitrogens with one attached hydrogen (secondary N) is 1. The fourth-order valence-corrected chi connectivity index (χ4v) is 1.30.